The lowest BCUT2D eigenvalue weighted by atomic mass is 10.1. The quantitative estimate of drug-likeness (QED) is 0.741. The lowest BCUT2D eigenvalue weighted by molar-refractivity contribution is -0.129. The van der Waals surface area contributed by atoms with Gasteiger partial charge in [-0.3, -0.25) is 14.3 Å². The number of hydrogen-bond acceptors (Lipinski definition) is 6. The van der Waals surface area contributed by atoms with Crippen LogP contribution in [0.5, 0.6) is 0 Å². The number of nitrogens with one attached hydrogen (secondary N) is 1. The van der Waals surface area contributed by atoms with Gasteiger partial charge in [-0.25, -0.2) is 4.79 Å². The third-order valence-electron chi connectivity index (χ3n) is 4.82. The van der Waals surface area contributed by atoms with Crippen LogP contribution >= 0.6 is 0 Å². The number of nitrogens with zero attached hydrogens (tertiary/aromatic N) is 1. The number of aliphatic hydroxyl groups is 1. The van der Waals surface area contributed by atoms with Gasteiger partial charge in [-0.2, -0.15) is 0 Å². The highest BCUT2D eigenvalue weighted by Crippen LogP contribution is 2.33. The first-order valence-electron chi connectivity index (χ1n) is 8.70. The van der Waals surface area contributed by atoms with Gasteiger partial charge in [-0.05, 0) is 26.7 Å². The molecule has 0 aromatic carbocycles. The highest BCUT2D eigenvalue weighted by Gasteiger charge is 2.46. The van der Waals surface area contributed by atoms with Gasteiger partial charge in [0.25, 0.3) is 5.56 Å². The molecule has 6 unspecified atom stereocenters. The third kappa shape index (κ3) is 4.03. The van der Waals surface area contributed by atoms with Gasteiger partial charge in [0.15, 0.2) is 6.23 Å². The van der Waals surface area contributed by atoms with Crippen molar-refractivity contribution in [2.45, 2.75) is 77.3 Å². The number of aryl methyl sites for hydroxylation is 1. The van der Waals surface area contributed by atoms with Crippen LogP contribution in [0.3, 0.4) is 0 Å². The van der Waals surface area contributed by atoms with Gasteiger partial charge in [0.1, 0.15) is 12.2 Å². The largest absolute Gasteiger partial charge is 0.388 e. The average Bonchev–Trinajstić information content (AvgIpc) is 2.90. The molecule has 6 atom stereocenters. The van der Waals surface area contributed by atoms with Gasteiger partial charge < -0.3 is 19.3 Å². The fourth-order valence-electron chi connectivity index (χ4n) is 2.94. The standard InChI is InChI=1S/C17H28N2O6/c1-6-11-8-19(17(22)18-15(11)21)16-14(13(20)12(7-2)25-16)24-10(4)9(3)23-5/h8-10,12-14,16,20H,6-7H2,1-5H3,(H,18,21,22). The zero-order chi connectivity index (χ0) is 18.7. The van der Waals surface area contributed by atoms with Gasteiger partial charge in [-0.15, -0.1) is 0 Å². The zero-order valence-corrected chi connectivity index (χ0v) is 15.4. The van der Waals surface area contributed by atoms with Crippen LogP contribution in [-0.2, 0) is 20.6 Å². The van der Waals surface area contributed by atoms with Crippen molar-refractivity contribution in [2.24, 2.45) is 0 Å². The Morgan fingerprint density at radius 1 is 1.32 bits per heavy atom. The number of methoxy groups -OCH3 is 1. The summed E-state index contributed by atoms with van der Waals surface area (Å²) in [5, 5.41) is 10.6. The van der Waals surface area contributed by atoms with Crippen molar-refractivity contribution in [1.82, 2.24) is 9.55 Å². The second-order valence-corrected chi connectivity index (χ2v) is 6.39. The predicted octanol–water partition coefficient (Wildman–Crippen LogP) is 0.576. The minimum Gasteiger partial charge on any atom is -0.388 e. The molecule has 0 saturated carbocycles. The van der Waals surface area contributed by atoms with E-state index < -0.39 is 35.8 Å². The van der Waals surface area contributed by atoms with Crippen molar-refractivity contribution in [1.29, 1.82) is 0 Å². The molecule has 8 nitrogen and oxygen atoms in total. The summed E-state index contributed by atoms with van der Waals surface area (Å²) < 4.78 is 18.4. The molecule has 1 aliphatic rings. The van der Waals surface area contributed by atoms with Crippen LogP contribution in [0.25, 0.3) is 0 Å². The van der Waals surface area contributed by atoms with E-state index in [0.29, 0.717) is 18.4 Å². The molecule has 25 heavy (non-hydrogen) atoms. The molecule has 0 radical (unpaired) electrons. The van der Waals surface area contributed by atoms with E-state index in [-0.39, 0.29) is 12.2 Å². The molecule has 0 bridgehead atoms. The predicted molar refractivity (Wildman–Crippen MR) is 91.7 cm³/mol. The average molecular weight is 356 g/mol. The van der Waals surface area contributed by atoms with E-state index in [2.05, 4.69) is 4.98 Å². The summed E-state index contributed by atoms with van der Waals surface area (Å²) >= 11 is 0. The second kappa shape index (κ2) is 8.27. The van der Waals surface area contributed by atoms with E-state index in [1.165, 1.54) is 10.8 Å². The number of aromatic nitrogens is 2. The van der Waals surface area contributed by atoms with Crippen LogP contribution in [-0.4, -0.2) is 52.3 Å². The summed E-state index contributed by atoms with van der Waals surface area (Å²) in [4.78, 5) is 26.4. The Hall–Kier alpha value is -1.48. The number of ether oxygens (including phenoxy) is 3. The molecule has 1 aliphatic heterocycles. The maximum absolute atomic E-state index is 12.3. The normalized spacial score (nSPS) is 28.9. The van der Waals surface area contributed by atoms with Crippen LogP contribution in [0.1, 0.15) is 45.9 Å². The second-order valence-electron chi connectivity index (χ2n) is 6.39. The molecule has 2 heterocycles. The van der Waals surface area contributed by atoms with Crippen LogP contribution in [0.4, 0.5) is 0 Å². The Kier molecular flexibility index (Phi) is 6.56. The van der Waals surface area contributed by atoms with Crippen molar-refractivity contribution in [2.75, 3.05) is 7.11 Å². The molecule has 0 aliphatic carbocycles. The van der Waals surface area contributed by atoms with E-state index in [4.69, 9.17) is 14.2 Å². The van der Waals surface area contributed by atoms with Crippen LogP contribution in [0.15, 0.2) is 15.8 Å². The van der Waals surface area contributed by atoms with E-state index in [9.17, 15) is 14.7 Å². The molecule has 142 valence electrons. The minimum atomic E-state index is -0.884. The third-order valence-corrected chi connectivity index (χ3v) is 4.82. The molecule has 2 N–H and O–H groups in total. The van der Waals surface area contributed by atoms with E-state index >= 15 is 0 Å². The monoisotopic (exact) mass is 356 g/mol. The van der Waals surface area contributed by atoms with E-state index in [1.807, 2.05) is 27.7 Å². The molecular formula is C17H28N2O6. The first kappa shape index (κ1) is 19.8. The van der Waals surface area contributed by atoms with Crippen molar-refractivity contribution in [3.8, 4) is 0 Å². The Morgan fingerprint density at radius 2 is 2.00 bits per heavy atom. The first-order valence-corrected chi connectivity index (χ1v) is 8.70. The van der Waals surface area contributed by atoms with E-state index in [1.54, 1.807) is 7.11 Å². The summed E-state index contributed by atoms with van der Waals surface area (Å²) in [5.74, 6) is 0. The summed E-state index contributed by atoms with van der Waals surface area (Å²) in [7, 11) is 1.58. The van der Waals surface area contributed by atoms with Crippen molar-refractivity contribution < 1.29 is 19.3 Å². The molecule has 1 aromatic rings. The van der Waals surface area contributed by atoms with Gasteiger partial charge in [-0.1, -0.05) is 13.8 Å². The lowest BCUT2D eigenvalue weighted by Gasteiger charge is -2.28. The van der Waals surface area contributed by atoms with Gasteiger partial charge in [0, 0.05) is 18.9 Å². The molecule has 1 aromatic heterocycles. The summed E-state index contributed by atoms with van der Waals surface area (Å²) in [6.45, 7) is 7.42. The lowest BCUT2D eigenvalue weighted by Crippen LogP contribution is -2.43. The Balaban J connectivity index is 2.39. The first-order chi connectivity index (χ1) is 11.8. The smallest absolute Gasteiger partial charge is 0.330 e. The van der Waals surface area contributed by atoms with Gasteiger partial charge in [0.05, 0.1) is 18.3 Å². The number of H-pyrrole nitrogens is 1. The Labute approximate surface area is 146 Å². The summed E-state index contributed by atoms with van der Waals surface area (Å²) in [5.41, 5.74) is -0.528. The molecule has 0 amide bonds. The SMILES string of the molecule is CCc1cn(C2OC(CC)C(O)C2OC(C)C(C)OC)c(=O)[nH]c1=O. The maximum atomic E-state index is 12.3. The number of hydrogen-bond donors (Lipinski definition) is 2. The fraction of sp³-hybridized carbons (Fsp3) is 0.765. The van der Waals surface area contributed by atoms with Gasteiger partial charge >= 0.3 is 5.69 Å². The number of aromatic amines is 1. The molecule has 8 heteroatoms. The Morgan fingerprint density at radius 3 is 2.56 bits per heavy atom. The van der Waals surface area contributed by atoms with Gasteiger partial charge in [0.2, 0.25) is 0 Å². The minimum absolute atomic E-state index is 0.188. The maximum Gasteiger partial charge on any atom is 0.330 e. The fourth-order valence-corrected chi connectivity index (χ4v) is 2.94. The van der Waals surface area contributed by atoms with E-state index in [0.717, 1.165) is 0 Å². The molecule has 1 saturated heterocycles. The van der Waals surface area contributed by atoms with Crippen LogP contribution in [0.2, 0.25) is 0 Å². The summed E-state index contributed by atoms with van der Waals surface area (Å²) in [6.07, 6.45) is -0.865. The van der Waals surface area contributed by atoms with Crippen molar-refractivity contribution in [3.05, 3.63) is 32.6 Å². The molecule has 0 spiro atoms. The highest BCUT2D eigenvalue weighted by atomic mass is 16.6. The molecule has 1 fully saturated rings. The molecular weight excluding hydrogens is 328 g/mol. The number of aliphatic hydroxyl groups excluding tert-OH is 1. The zero-order valence-electron chi connectivity index (χ0n) is 15.4. The Bertz CT molecular complexity index is 684. The van der Waals surface area contributed by atoms with Crippen LogP contribution in [0, 0.1) is 0 Å². The van der Waals surface area contributed by atoms with Crippen molar-refractivity contribution in [3.63, 3.8) is 0 Å². The number of rotatable bonds is 7. The topological polar surface area (TPSA) is 103 Å². The molecule has 2 rings (SSSR count). The van der Waals surface area contributed by atoms with Crippen molar-refractivity contribution >= 4 is 0 Å². The van der Waals surface area contributed by atoms with Crippen LogP contribution < -0.4 is 11.2 Å². The highest BCUT2D eigenvalue weighted by molar-refractivity contribution is 5.05. The summed E-state index contributed by atoms with van der Waals surface area (Å²) in [6, 6.07) is 0.